The van der Waals surface area contributed by atoms with Crippen LogP contribution in [0.5, 0.6) is 0 Å². The molecule has 0 aliphatic heterocycles. The number of benzene rings is 1. The molecule has 1 aliphatic rings. The molecule has 1 aliphatic carbocycles. The van der Waals surface area contributed by atoms with E-state index in [0.717, 1.165) is 24.8 Å². The van der Waals surface area contributed by atoms with Crippen LogP contribution in [0.15, 0.2) is 24.3 Å². The Morgan fingerprint density at radius 2 is 1.74 bits per heavy atom. The van der Waals surface area contributed by atoms with Crippen molar-refractivity contribution in [2.45, 2.75) is 63.8 Å². The van der Waals surface area contributed by atoms with Gasteiger partial charge in [0.1, 0.15) is 5.54 Å². The van der Waals surface area contributed by atoms with Crippen molar-refractivity contribution in [1.82, 2.24) is 5.32 Å². The molecule has 1 N–H and O–H groups in total. The average Bonchev–Trinajstić information content (AvgIpc) is 3.03. The van der Waals surface area contributed by atoms with Crippen LogP contribution in [-0.2, 0) is 27.2 Å². The second kappa shape index (κ2) is 8.14. The first-order chi connectivity index (χ1) is 11.1. The van der Waals surface area contributed by atoms with Gasteiger partial charge in [-0.05, 0) is 36.8 Å². The number of carbonyl (C=O) groups is 2. The summed E-state index contributed by atoms with van der Waals surface area (Å²) in [5.41, 5.74) is 1.46. The average molecular weight is 317 g/mol. The lowest BCUT2D eigenvalue weighted by atomic mass is 9.97. The Kier molecular flexibility index (Phi) is 6.20. The second-order valence-corrected chi connectivity index (χ2v) is 6.43. The van der Waals surface area contributed by atoms with E-state index in [1.165, 1.54) is 25.5 Å². The van der Waals surface area contributed by atoms with Crippen molar-refractivity contribution in [2.24, 2.45) is 0 Å². The molecule has 1 amide bonds. The third kappa shape index (κ3) is 4.57. The minimum Gasteiger partial charge on any atom is -0.467 e. The van der Waals surface area contributed by atoms with Crippen LogP contribution in [0.1, 0.15) is 56.6 Å². The van der Waals surface area contributed by atoms with E-state index in [9.17, 15) is 9.59 Å². The number of rotatable bonds is 7. The molecule has 1 fully saturated rings. The molecule has 1 aromatic carbocycles. The van der Waals surface area contributed by atoms with Crippen LogP contribution in [0.25, 0.3) is 0 Å². The number of nitrogens with one attached hydrogen (secondary N) is 1. The van der Waals surface area contributed by atoms with Gasteiger partial charge in [-0.2, -0.15) is 0 Å². The summed E-state index contributed by atoms with van der Waals surface area (Å²) in [7, 11) is 1.38. The molecule has 0 spiro atoms. The summed E-state index contributed by atoms with van der Waals surface area (Å²) >= 11 is 0. The summed E-state index contributed by atoms with van der Waals surface area (Å²) in [6.07, 6.45) is 6.97. The number of carbonyl (C=O) groups excluding carboxylic acids is 2. The van der Waals surface area contributed by atoms with Gasteiger partial charge in [0, 0.05) is 0 Å². The maximum Gasteiger partial charge on any atom is 0.331 e. The van der Waals surface area contributed by atoms with Gasteiger partial charge in [-0.1, -0.05) is 50.5 Å². The molecule has 0 unspecified atom stereocenters. The minimum atomic E-state index is -0.813. The maximum atomic E-state index is 12.3. The van der Waals surface area contributed by atoms with Crippen molar-refractivity contribution in [3.8, 4) is 0 Å². The summed E-state index contributed by atoms with van der Waals surface area (Å²) in [6, 6.07) is 8.18. The van der Waals surface area contributed by atoms with E-state index in [1.54, 1.807) is 0 Å². The number of amides is 1. The first-order valence-electron chi connectivity index (χ1n) is 8.57. The lowest BCUT2D eigenvalue weighted by Crippen LogP contribution is -2.53. The van der Waals surface area contributed by atoms with Gasteiger partial charge in [-0.3, -0.25) is 4.79 Å². The van der Waals surface area contributed by atoms with Crippen molar-refractivity contribution in [1.29, 1.82) is 0 Å². The number of hydrogen-bond donors (Lipinski definition) is 1. The molecule has 1 saturated carbocycles. The summed E-state index contributed by atoms with van der Waals surface area (Å²) in [5.74, 6) is -0.433. The van der Waals surface area contributed by atoms with Gasteiger partial charge in [0.2, 0.25) is 5.91 Å². The van der Waals surface area contributed by atoms with Crippen molar-refractivity contribution in [2.75, 3.05) is 7.11 Å². The van der Waals surface area contributed by atoms with Crippen molar-refractivity contribution in [3.63, 3.8) is 0 Å². The molecule has 0 aromatic heterocycles. The Morgan fingerprint density at radius 3 is 2.30 bits per heavy atom. The molecule has 4 heteroatoms. The quantitative estimate of drug-likeness (QED) is 0.786. The zero-order valence-electron chi connectivity index (χ0n) is 14.2. The number of ether oxygens (including phenoxy) is 1. The molecule has 23 heavy (non-hydrogen) atoms. The second-order valence-electron chi connectivity index (χ2n) is 6.43. The third-order valence-electron chi connectivity index (χ3n) is 4.62. The molecule has 0 saturated heterocycles. The van der Waals surface area contributed by atoms with Gasteiger partial charge in [0.15, 0.2) is 0 Å². The first-order valence-corrected chi connectivity index (χ1v) is 8.57. The Bertz CT molecular complexity index is 530. The summed E-state index contributed by atoms with van der Waals surface area (Å²) in [4.78, 5) is 24.4. The van der Waals surface area contributed by atoms with Gasteiger partial charge in [0.25, 0.3) is 0 Å². The molecule has 0 bridgehead atoms. The lowest BCUT2D eigenvalue weighted by molar-refractivity contribution is -0.150. The summed E-state index contributed by atoms with van der Waals surface area (Å²) < 4.78 is 4.89. The Labute approximate surface area is 138 Å². The predicted octanol–water partition coefficient (Wildman–Crippen LogP) is 3.17. The van der Waals surface area contributed by atoms with E-state index in [-0.39, 0.29) is 11.9 Å². The highest BCUT2D eigenvalue weighted by atomic mass is 16.5. The monoisotopic (exact) mass is 317 g/mol. The molecule has 0 heterocycles. The van der Waals surface area contributed by atoms with Gasteiger partial charge >= 0.3 is 5.97 Å². The van der Waals surface area contributed by atoms with Gasteiger partial charge in [-0.25, -0.2) is 4.79 Å². The Morgan fingerprint density at radius 1 is 1.13 bits per heavy atom. The zero-order valence-corrected chi connectivity index (χ0v) is 14.2. The van der Waals surface area contributed by atoms with E-state index >= 15 is 0 Å². The first kappa shape index (κ1) is 17.5. The molecule has 1 aromatic rings. The van der Waals surface area contributed by atoms with Crippen molar-refractivity contribution >= 4 is 11.9 Å². The van der Waals surface area contributed by atoms with Crippen LogP contribution in [0.2, 0.25) is 0 Å². The largest absolute Gasteiger partial charge is 0.467 e. The molecule has 0 radical (unpaired) electrons. The normalized spacial score (nSPS) is 16.1. The molecule has 2 rings (SSSR count). The number of unbranched alkanes of at least 4 members (excludes halogenated alkanes) is 1. The van der Waals surface area contributed by atoms with Crippen LogP contribution in [0, 0.1) is 0 Å². The van der Waals surface area contributed by atoms with E-state index < -0.39 is 5.54 Å². The molecular weight excluding hydrogens is 290 g/mol. The highest BCUT2D eigenvalue weighted by Crippen LogP contribution is 2.30. The van der Waals surface area contributed by atoms with Crippen molar-refractivity contribution < 1.29 is 14.3 Å². The highest BCUT2D eigenvalue weighted by Gasteiger charge is 2.43. The maximum absolute atomic E-state index is 12.3. The molecular formula is C19H27NO3. The number of hydrogen-bond acceptors (Lipinski definition) is 3. The van der Waals surface area contributed by atoms with E-state index in [0.29, 0.717) is 19.3 Å². The highest BCUT2D eigenvalue weighted by molar-refractivity contribution is 5.89. The van der Waals surface area contributed by atoms with E-state index in [1.807, 2.05) is 12.1 Å². The summed E-state index contributed by atoms with van der Waals surface area (Å²) in [6.45, 7) is 2.18. The lowest BCUT2D eigenvalue weighted by Gasteiger charge is -2.27. The molecule has 126 valence electrons. The third-order valence-corrected chi connectivity index (χ3v) is 4.62. The SMILES string of the molecule is CCCCc1ccc(CC(=O)NC2(C(=O)OC)CCCC2)cc1. The van der Waals surface area contributed by atoms with E-state index in [4.69, 9.17) is 4.74 Å². The fourth-order valence-electron chi connectivity index (χ4n) is 3.26. The summed E-state index contributed by atoms with van der Waals surface area (Å²) in [5, 5.41) is 2.93. The van der Waals surface area contributed by atoms with Crippen LogP contribution >= 0.6 is 0 Å². The number of esters is 1. The van der Waals surface area contributed by atoms with Crippen molar-refractivity contribution in [3.05, 3.63) is 35.4 Å². The fraction of sp³-hybridized carbons (Fsp3) is 0.579. The Balaban J connectivity index is 1.94. The Hall–Kier alpha value is -1.84. The standard InChI is InChI=1S/C19H27NO3/c1-3-4-7-15-8-10-16(11-9-15)14-17(21)20-19(18(22)23-2)12-5-6-13-19/h8-11H,3-7,12-14H2,1-2H3,(H,20,21). The van der Waals surface area contributed by atoms with Crippen LogP contribution in [-0.4, -0.2) is 24.5 Å². The van der Waals surface area contributed by atoms with Gasteiger partial charge < -0.3 is 10.1 Å². The van der Waals surface area contributed by atoms with Crippen LogP contribution < -0.4 is 5.32 Å². The molecule has 0 atom stereocenters. The smallest absolute Gasteiger partial charge is 0.331 e. The topological polar surface area (TPSA) is 55.4 Å². The van der Waals surface area contributed by atoms with Gasteiger partial charge in [0.05, 0.1) is 13.5 Å². The van der Waals surface area contributed by atoms with Gasteiger partial charge in [-0.15, -0.1) is 0 Å². The molecule has 4 nitrogen and oxygen atoms in total. The fourth-order valence-corrected chi connectivity index (χ4v) is 3.26. The van der Waals surface area contributed by atoms with Crippen LogP contribution in [0.4, 0.5) is 0 Å². The van der Waals surface area contributed by atoms with Crippen LogP contribution in [0.3, 0.4) is 0 Å². The number of aryl methyl sites for hydroxylation is 1. The number of methoxy groups -OCH3 is 1. The zero-order chi connectivity index (χ0) is 16.7. The van der Waals surface area contributed by atoms with E-state index in [2.05, 4.69) is 24.4 Å². The minimum absolute atomic E-state index is 0.112. The predicted molar refractivity (Wildman–Crippen MR) is 90.1 cm³/mol.